The van der Waals surface area contributed by atoms with Gasteiger partial charge in [-0.2, -0.15) is 0 Å². The smallest absolute Gasteiger partial charge is 0.410 e. The average molecular weight is 300 g/mol. The molecule has 1 saturated heterocycles. The quantitative estimate of drug-likeness (QED) is 0.620. The molecule has 0 radical (unpaired) electrons. The Morgan fingerprint density at radius 1 is 1.24 bits per heavy atom. The van der Waals surface area contributed by atoms with E-state index >= 15 is 0 Å². The molecule has 0 unspecified atom stereocenters. The standard InChI is InChI=1S/C15H28N2O4/c1-15(2,3)21-14(19)17-10-7-12(8-11-17)16-9-5-6-13(18)20-4/h12,16H,5-11H2,1-4H3. The van der Waals surface area contributed by atoms with Crippen LogP contribution >= 0.6 is 0 Å². The molecule has 1 rings (SSSR count). The number of esters is 1. The fraction of sp³-hybridized carbons (Fsp3) is 0.867. The summed E-state index contributed by atoms with van der Waals surface area (Å²) < 4.78 is 9.96. The van der Waals surface area contributed by atoms with Crippen LogP contribution in [0.15, 0.2) is 0 Å². The monoisotopic (exact) mass is 300 g/mol. The van der Waals surface area contributed by atoms with Crippen LogP contribution in [0.2, 0.25) is 0 Å². The van der Waals surface area contributed by atoms with Gasteiger partial charge in [-0.1, -0.05) is 0 Å². The zero-order valence-corrected chi connectivity index (χ0v) is 13.6. The Bertz CT molecular complexity index is 344. The van der Waals surface area contributed by atoms with Crippen LogP contribution in [-0.2, 0) is 14.3 Å². The first-order valence-electron chi connectivity index (χ1n) is 7.60. The van der Waals surface area contributed by atoms with E-state index in [-0.39, 0.29) is 12.1 Å². The fourth-order valence-electron chi connectivity index (χ4n) is 2.23. The molecule has 0 bridgehead atoms. The highest BCUT2D eigenvalue weighted by atomic mass is 16.6. The molecule has 1 heterocycles. The second-order valence-corrected chi connectivity index (χ2v) is 6.38. The number of piperidine rings is 1. The Morgan fingerprint density at radius 3 is 2.38 bits per heavy atom. The van der Waals surface area contributed by atoms with Gasteiger partial charge >= 0.3 is 12.1 Å². The molecule has 1 aliphatic heterocycles. The second-order valence-electron chi connectivity index (χ2n) is 6.38. The highest BCUT2D eigenvalue weighted by Gasteiger charge is 2.26. The number of amides is 1. The van der Waals surface area contributed by atoms with Gasteiger partial charge < -0.3 is 19.7 Å². The predicted octanol–water partition coefficient (Wildman–Crippen LogP) is 1.93. The van der Waals surface area contributed by atoms with Crippen molar-refractivity contribution in [1.82, 2.24) is 10.2 Å². The molecule has 0 spiro atoms. The van der Waals surface area contributed by atoms with Crippen molar-refractivity contribution in [2.24, 2.45) is 0 Å². The van der Waals surface area contributed by atoms with Gasteiger partial charge in [0.05, 0.1) is 7.11 Å². The Labute approximate surface area is 127 Å². The van der Waals surface area contributed by atoms with Crippen molar-refractivity contribution < 1.29 is 19.1 Å². The first-order valence-corrected chi connectivity index (χ1v) is 7.60. The molecule has 1 aliphatic rings. The highest BCUT2D eigenvalue weighted by molar-refractivity contribution is 5.69. The SMILES string of the molecule is COC(=O)CCCNC1CCN(C(=O)OC(C)(C)C)CC1. The lowest BCUT2D eigenvalue weighted by Crippen LogP contribution is -2.46. The van der Waals surface area contributed by atoms with Gasteiger partial charge in [-0.3, -0.25) is 4.79 Å². The molecule has 6 nitrogen and oxygen atoms in total. The number of methoxy groups -OCH3 is 1. The summed E-state index contributed by atoms with van der Waals surface area (Å²) in [4.78, 5) is 24.7. The van der Waals surface area contributed by atoms with Crippen molar-refractivity contribution >= 4 is 12.1 Å². The van der Waals surface area contributed by atoms with E-state index in [0.717, 1.165) is 25.8 Å². The normalized spacial score (nSPS) is 16.7. The summed E-state index contributed by atoms with van der Waals surface area (Å²) in [6.45, 7) is 7.85. The minimum atomic E-state index is -0.444. The van der Waals surface area contributed by atoms with Gasteiger partial charge in [0.15, 0.2) is 0 Å². The Kier molecular flexibility index (Phi) is 6.95. The van der Waals surface area contributed by atoms with Crippen molar-refractivity contribution in [2.45, 2.75) is 58.1 Å². The molecule has 122 valence electrons. The average Bonchev–Trinajstić information content (AvgIpc) is 2.42. The third-order valence-corrected chi connectivity index (χ3v) is 3.37. The first-order chi connectivity index (χ1) is 9.81. The van der Waals surface area contributed by atoms with Crippen LogP contribution in [0.5, 0.6) is 0 Å². The summed E-state index contributed by atoms with van der Waals surface area (Å²) in [6.07, 6.45) is 2.82. The van der Waals surface area contributed by atoms with Gasteiger partial charge in [0.2, 0.25) is 0 Å². The second kappa shape index (κ2) is 8.22. The van der Waals surface area contributed by atoms with Crippen molar-refractivity contribution in [3.05, 3.63) is 0 Å². The number of hydrogen-bond acceptors (Lipinski definition) is 5. The van der Waals surface area contributed by atoms with E-state index in [1.165, 1.54) is 7.11 Å². The summed E-state index contributed by atoms with van der Waals surface area (Å²) in [5, 5.41) is 3.42. The Hall–Kier alpha value is -1.30. The minimum Gasteiger partial charge on any atom is -0.469 e. The first kappa shape index (κ1) is 17.8. The molecule has 0 aromatic rings. The van der Waals surface area contributed by atoms with Gasteiger partial charge in [-0.15, -0.1) is 0 Å². The van der Waals surface area contributed by atoms with E-state index in [0.29, 0.717) is 25.6 Å². The van der Waals surface area contributed by atoms with E-state index in [1.54, 1.807) is 4.90 Å². The Balaban J connectivity index is 2.17. The summed E-state index contributed by atoms with van der Waals surface area (Å²) in [7, 11) is 1.40. The van der Waals surface area contributed by atoms with Crippen molar-refractivity contribution in [3.63, 3.8) is 0 Å². The number of nitrogens with one attached hydrogen (secondary N) is 1. The summed E-state index contributed by atoms with van der Waals surface area (Å²) in [6, 6.07) is 0.404. The van der Waals surface area contributed by atoms with E-state index in [4.69, 9.17) is 4.74 Å². The van der Waals surface area contributed by atoms with Crippen molar-refractivity contribution in [3.8, 4) is 0 Å². The zero-order valence-electron chi connectivity index (χ0n) is 13.6. The number of carbonyl (C=O) groups is 2. The number of ether oxygens (including phenoxy) is 2. The highest BCUT2D eigenvalue weighted by Crippen LogP contribution is 2.15. The number of rotatable bonds is 5. The largest absolute Gasteiger partial charge is 0.469 e. The van der Waals surface area contributed by atoms with Crippen LogP contribution in [0.1, 0.15) is 46.5 Å². The van der Waals surface area contributed by atoms with Crippen LogP contribution in [0.25, 0.3) is 0 Å². The molecule has 1 amide bonds. The van der Waals surface area contributed by atoms with Gasteiger partial charge in [-0.05, 0) is 46.6 Å². The predicted molar refractivity (Wildman–Crippen MR) is 80.1 cm³/mol. The number of hydrogen-bond donors (Lipinski definition) is 1. The summed E-state index contributed by atoms with van der Waals surface area (Å²) in [5.74, 6) is -0.170. The van der Waals surface area contributed by atoms with Crippen LogP contribution in [0.4, 0.5) is 4.79 Å². The maximum atomic E-state index is 11.9. The van der Waals surface area contributed by atoms with E-state index < -0.39 is 5.60 Å². The molecule has 0 saturated carbocycles. The molecule has 6 heteroatoms. The number of likely N-dealkylation sites (tertiary alicyclic amines) is 1. The van der Waals surface area contributed by atoms with Crippen molar-refractivity contribution in [2.75, 3.05) is 26.7 Å². The molecule has 1 N–H and O–H groups in total. The van der Waals surface area contributed by atoms with E-state index in [1.807, 2.05) is 20.8 Å². The zero-order chi connectivity index (χ0) is 15.9. The third-order valence-electron chi connectivity index (χ3n) is 3.37. The minimum absolute atomic E-state index is 0.170. The van der Waals surface area contributed by atoms with Crippen molar-refractivity contribution in [1.29, 1.82) is 0 Å². The lowest BCUT2D eigenvalue weighted by Gasteiger charge is -2.33. The molecule has 1 fully saturated rings. The van der Waals surface area contributed by atoms with Crippen LogP contribution < -0.4 is 5.32 Å². The van der Waals surface area contributed by atoms with Gasteiger partial charge in [0, 0.05) is 25.6 Å². The van der Waals surface area contributed by atoms with Gasteiger partial charge in [-0.25, -0.2) is 4.79 Å². The molecular formula is C15H28N2O4. The fourth-order valence-corrected chi connectivity index (χ4v) is 2.23. The lowest BCUT2D eigenvalue weighted by molar-refractivity contribution is -0.140. The van der Waals surface area contributed by atoms with Gasteiger partial charge in [0.1, 0.15) is 5.60 Å². The lowest BCUT2D eigenvalue weighted by atomic mass is 10.1. The van der Waals surface area contributed by atoms with Crippen LogP contribution in [-0.4, -0.2) is 55.3 Å². The van der Waals surface area contributed by atoms with E-state index in [2.05, 4.69) is 10.1 Å². The summed E-state index contributed by atoms with van der Waals surface area (Å²) in [5.41, 5.74) is -0.444. The molecular weight excluding hydrogens is 272 g/mol. The third kappa shape index (κ3) is 7.32. The topological polar surface area (TPSA) is 67.9 Å². The maximum absolute atomic E-state index is 11.9. The Morgan fingerprint density at radius 2 is 1.86 bits per heavy atom. The number of nitrogens with zero attached hydrogens (tertiary/aromatic N) is 1. The molecule has 0 aliphatic carbocycles. The van der Waals surface area contributed by atoms with E-state index in [9.17, 15) is 9.59 Å². The van der Waals surface area contributed by atoms with Gasteiger partial charge in [0.25, 0.3) is 0 Å². The van der Waals surface area contributed by atoms with Crippen LogP contribution in [0.3, 0.4) is 0 Å². The molecule has 0 aromatic carbocycles. The molecule has 0 atom stereocenters. The summed E-state index contributed by atoms with van der Waals surface area (Å²) >= 11 is 0. The van der Waals surface area contributed by atoms with Crippen LogP contribution in [0, 0.1) is 0 Å². The molecule has 21 heavy (non-hydrogen) atoms. The number of carbonyl (C=O) groups excluding carboxylic acids is 2. The maximum Gasteiger partial charge on any atom is 0.410 e. The molecule has 0 aromatic heterocycles.